The number of para-hydroxylation sites is 2. The molecule has 0 saturated heterocycles. The van der Waals surface area contributed by atoms with Crippen molar-refractivity contribution in [2.24, 2.45) is 0 Å². The van der Waals surface area contributed by atoms with Crippen LogP contribution in [-0.2, 0) is 0 Å². The molecule has 0 aliphatic heterocycles. The van der Waals surface area contributed by atoms with E-state index in [1.54, 1.807) is 18.6 Å². The second-order valence-corrected chi connectivity index (χ2v) is 8.12. The maximum Gasteiger partial charge on any atom is 0.274 e. The summed E-state index contributed by atoms with van der Waals surface area (Å²) in [5.74, 6) is 1.23. The van der Waals surface area contributed by atoms with Gasteiger partial charge in [-0.05, 0) is 56.1 Å². The summed E-state index contributed by atoms with van der Waals surface area (Å²) in [5, 5.41) is 0. The van der Waals surface area contributed by atoms with Gasteiger partial charge in [-0.25, -0.2) is 9.38 Å². The molecular weight excluding hydrogens is 484 g/mol. The molecule has 132 valence electrons. The van der Waals surface area contributed by atoms with Crippen molar-refractivity contribution in [3.63, 3.8) is 0 Å². The Balaban J connectivity index is 2.00. The molecule has 0 unspecified atom stereocenters. The average molecular weight is 496 g/mol. The zero-order chi connectivity index (χ0) is 18.4. The first-order valence-corrected chi connectivity index (χ1v) is 9.97. The van der Waals surface area contributed by atoms with Crippen LogP contribution in [0, 0.1) is 0 Å². The van der Waals surface area contributed by atoms with E-state index < -0.39 is 0 Å². The van der Waals surface area contributed by atoms with E-state index in [0.29, 0.717) is 25.5 Å². The maximum absolute atomic E-state index is 12.9. The summed E-state index contributed by atoms with van der Waals surface area (Å²) in [7, 11) is 3.17. The molecule has 5 nitrogen and oxygen atoms in total. The van der Waals surface area contributed by atoms with E-state index in [0.717, 1.165) is 21.1 Å². The molecule has 4 rings (SSSR count). The number of nitrogens with zero attached hydrogens (tertiary/aromatic N) is 2. The van der Waals surface area contributed by atoms with Gasteiger partial charge in [-0.3, -0.25) is 4.79 Å². The van der Waals surface area contributed by atoms with E-state index in [-0.39, 0.29) is 5.56 Å². The quantitative estimate of drug-likeness (QED) is 0.431. The minimum Gasteiger partial charge on any atom is -0.495 e. The molecule has 0 fully saturated rings. The van der Waals surface area contributed by atoms with Gasteiger partial charge in [-0.1, -0.05) is 23.5 Å². The normalized spacial score (nSPS) is 12.2. The van der Waals surface area contributed by atoms with E-state index in [1.807, 2.05) is 36.4 Å². The molecule has 0 bridgehead atoms. The molecule has 2 heterocycles. The minimum absolute atomic E-state index is 0.0937. The van der Waals surface area contributed by atoms with Crippen molar-refractivity contribution < 1.29 is 9.47 Å². The number of methoxy groups -OCH3 is 2. The fourth-order valence-electron chi connectivity index (χ4n) is 2.86. The van der Waals surface area contributed by atoms with Gasteiger partial charge in [0.1, 0.15) is 10.2 Å². The Hall–Kier alpha value is -1.90. The van der Waals surface area contributed by atoms with E-state index in [2.05, 4.69) is 36.8 Å². The van der Waals surface area contributed by atoms with Crippen LogP contribution in [0.15, 0.2) is 44.1 Å². The Kier molecular flexibility index (Phi) is 4.50. The Morgan fingerprint density at radius 3 is 2.62 bits per heavy atom. The Morgan fingerprint density at radius 2 is 1.88 bits per heavy atom. The van der Waals surface area contributed by atoms with Crippen LogP contribution >= 0.6 is 43.2 Å². The van der Waals surface area contributed by atoms with Crippen LogP contribution in [0.3, 0.4) is 0 Å². The third kappa shape index (κ3) is 2.64. The molecule has 0 atom stereocenters. The molecule has 0 spiro atoms. The highest BCUT2D eigenvalue weighted by Gasteiger charge is 2.17. The lowest BCUT2D eigenvalue weighted by Gasteiger charge is -2.13. The second-order valence-electron chi connectivity index (χ2n) is 5.46. The topological polar surface area (TPSA) is 52.8 Å². The van der Waals surface area contributed by atoms with Gasteiger partial charge < -0.3 is 9.47 Å². The molecule has 2 aromatic carbocycles. The van der Waals surface area contributed by atoms with Gasteiger partial charge in [0.2, 0.25) is 0 Å². The molecule has 0 amide bonds. The molecule has 0 N–H and O–H groups in total. The van der Waals surface area contributed by atoms with Crippen LogP contribution in [0.1, 0.15) is 5.56 Å². The first kappa shape index (κ1) is 17.5. The predicted octanol–water partition coefficient (Wildman–Crippen LogP) is 4.00. The van der Waals surface area contributed by atoms with Crippen molar-refractivity contribution in [2.75, 3.05) is 14.2 Å². The third-order valence-corrected chi connectivity index (χ3v) is 6.28. The van der Waals surface area contributed by atoms with Crippen LogP contribution in [0.2, 0.25) is 0 Å². The monoisotopic (exact) mass is 494 g/mol. The molecular formula is C18H12Br2N2O3S. The first-order valence-electron chi connectivity index (χ1n) is 7.57. The van der Waals surface area contributed by atoms with E-state index in [4.69, 9.17) is 9.47 Å². The molecule has 0 aliphatic rings. The molecule has 8 heteroatoms. The number of benzene rings is 2. The molecule has 0 saturated carbocycles. The Labute approximate surface area is 169 Å². The minimum atomic E-state index is -0.0937. The van der Waals surface area contributed by atoms with Gasteiger partial charge in [0.05, 0.1) is 34.3 Å². The lowest BCUT2D eigenvalue weighted by Crippen LogP contribution is -2.22. The van der Waals surface area contributed by atoms with E-state index in [9.17, 15) is 4.79 Å². The van der Waals surface area contributed by atoms with Crippen LogP contribution in [0.4, 0.5) is 0 Å². The van der Waals surface area contributed by atoms with Crippen LogP contribution in [0.25, 0.3) is 22.1 Å². The average Bonchev–Trinajstić information content (AvgIpc) is 3.12. The fourth-order valence-corrected chi connectivity index (χ4v) is 5.47. The zero-order valence-corrected chi connectivity index (χ0v) is 17.7. The van der Waals surface area contributed by atoms with Gasteiger partial charge >= 0.3 is 0 Å². The van der Waals surface area contributed by atoms with E-state index in [1.165, 1.54) is 11.3 Å². The molecule has 26 heavy (non-hydrogen) atoms. The number of aromatic nitrogens is 2. The summed E-state index contributed by atoms with van der Waals surface area (Å²) in [6, 6.07) is 9.47. The fraction of sp³-hybridized carbons (Fsp3) is 0.111. The smallest absolute Gasteiger partial charge is 0.274 e. The summed E-state index contributed by atoms with van der Waals surface area (Å²) in [6.07, 6.45) is 1.81. The third-order valence-electron chi connectivity index (χ3n) is 4.00. The van der Waals surface area contributed by atoms with Crippen molar-refractivity contribution in [3.8, 4) is 11.5 Å². The highest BCUT2D eigenvalue weighted by Crippen LogP contribution is 2.42. The van der Waals surface area contributed by atoms with Gasteiger partial charge in [0.25, 0.3) is 5.56 Å². The number of ether oxygens (including phenoxy) is 2. The van der Waals surface area contributed by atoms with Gasteiger partial charge in [-0.2, -0.15) is 0 Å². The summed E-state index contributed by atoms with van der Waals surface area (Å²) < 4.78 is 14.6. The summed E-state index contributed by atoms with van der Waals surface area (Å²) in [6.45, 7) is 0. The van der Waals surface area contributed by atoms with Crippen molar-refractivity contribution >= 4 is 65.3 Å². The first-order chi connectivity index (χ1) is 12.5. The number of imidazole rings is 1. The SMILES string of the molecule is COc1c(Br)cc(/C=c2\sc3nc4ccccc4n3c2=O)c(OC)c1Br. The van der Waals surface area contributed by atoms with Crippen molar-refractivity contribution in [1.82, 2.24) is 9.38 Å². The molecule has 2 aromatic heterocycles. The summed E-state index contributed by atoms with van der Waals surface area (Å²) in [4.78, 5) is 18.1. The Bertz CT molecular complexity index is 1260. The molecule has 0 radical (unpaired) electrons. The van der Waals surface area contributed by atoms with Crippen molar-refractivity contribution in [2.45, 2.75) is 0 Å². The highest BCUT2D eigenvalue weighted by atomic mass is 79.9. The highest BCUT2D eigenvalue weighted by molar-refractivity contribution is 9.11. The number of thiazole rings is 1. The summed E-state index contributed by atoms with van der Waals surface area (Å²) in [5.41, 5.74) is 2.30. The van der Waals surface area contributed by atoms with Crippen LogP contribution < -0.4 is 19.6 Å². The Morgan fingerprint density at radius 1 is 1.15 bits per heavy atom. The number of rotatable bonds is 3. The molecule has 4 aromatic rings. The second kappa shape index (κ2) is 6.68. The zero-order valence-electron chi connectivity index (χ0n) is 13.7. The summed E-state index contributed by atoms with van der Waals surface area (Å²) >= 11 is 8.34. The lowest BCUT2D eigenvalue weighted by molar-refractivity contribution is 0.387. The maximum atomic E-state index is 12.9. The van der Waals surface area contributed by atoms with Crippen LogP contribution in [-0.4, -0.2) is 23.6 Å². The van der Waals surface area contributed by atoms with Gasteiger partial charge in [-0.15, -0.1) is 0 Å². The van der Waals surface area contributed by atoms with Crippen LogP contribution in [0.5, 0.6) is 11.5 Å². The number of hydrogen-bond donors (Lipinski definition) is 0. The van der Waals surface area contributed by atoms with Gasteiger partial charge in [0, 0.05) is 5.56 Å². The van der Waals surface area contributed by atoms with E-state index >= 15 is 0 Å². The van der Waals surface area contributed by atoms with Gasteiger partial charge in [0.15, 0.2) is 10.7 Å². The standard InChI is InChI=1S/C18H12Br2N2O3S/c1-24-15-9(7-10(19)16(25-2)14(15)20)8-13-17(23)22-12-6-4-3-5-11(12)21-18(22)26-13/h3-8H,1-2H3/b13-8-. The van der Waals surface area contributed by atoms with Crippen molar-refractivity contribution in [3.05, 3.63) is 59.7 Å². The largest absolute Gasteiger partial charge is 0.495 e. The number of hydrogen-bond acceptors (Lipinski definition) is 5. The molecule has 0 aliphatic carbocycles. The lowest BCUT2D eigenvalue weighted by atomic mass is 10.2. The van der Waals surface area contributed by atoms with Crippen molar-refractivity contribution in [1.29, 1.82) is 0 Å². The number of fused-ring (bicyclic) bond motifs is 3. The predicted molar refractivity (Wildman–Crippen MR) is 111 cm³/mol. The number of halogens is 2.